The summed E-state index contributed by atoms with van der Waals surface area (Å²) in [7, 11) is 0. The summed E-state index contributed by atoms with van der Waals surface area (Å²) >= 11 is 2.36. The molecule has 9 heteroatoms. The van der Waals surface area contributed by atoms with E-state index in [4.69, 9.17) is 18.9 Å². The summed E-state index contributed by atoms with van der Waals surface area (Å²) in [6.45, 7) is 7.82. The first kappa shape index (κ1) is 34.1. The van der Waals surface area contributed by atoms with E-state index in [0.717, 1.165) is 42.4 Å². The molecule has 0 saturated carbocycles. The molecule has 6 aromatic rings. The summed E-state index contributed by atoms with van der Waals surface area (Å²) < 4.78 is 24.9. The number of aryl methyl sites for hydroxylation is 2. The quantitative estimate of drug-likeness (QED) is 0.115. The van der Waals surface area contributed by atoms with Gasteiger partial charge in [-0.05, 0) is 84.3 Å². The summed E-state index contributed by atoms with van der Waals surface area (Å²) in [5.74, 6) is 1.16. The van der Waals surface area contributed by atoms with Gasteiger partial charge in [-0.25, -0.2) is 0 Å². The van der Waals surface area contributed by atoms with Crippen LogP contribution in [0, 0.1) is 13.8 Å². The van der Waals surface area contributed by atoms with Crippen molar-refractivity contribution in [2.45, 2.75) is 26.1 Å². The molecular weight excluding hydrogens is 657 g/mol. The Morgan fingerprint density at radius 2 is 1.12 bits per heavy atom. The Morgan fingerprint density at radius 3 is 1.57 bits per heavy atom. The Morgan fingerprint density at radius 1 is 0.653 bits per heavy atom. The Balaban J connectivity index is 1.16. The van der Waals surface area contributed by atoms with Crippen molar-refractivity contribution in [3.05, 3.63) is 140 Å². The number of ether oxygens (including phenoxy) is 4. The molecule has 0 radical (unpaired) electrons. The van der Waals surface area contributed by atoms with Crippen LogP contribution in [-0.2, 0) is 9.47 Å². The maximum absolute atomic E-state index is 13.0. The minimum Gasteiger partial charge on any atom is -0.499 e. The molecule has 0 fully saturated rings. The van der Waals surface area contributed by atoms with Gasteiger partial charge in [0.2, 0.25) is 9.48 Å². The van der Waals surface area contributed by atoms with Crippen LogP contribution in [0.1, 0.15) is 11.1 Å². The van der Waals surface area contributed by atoms with Crippen LogP contribution in [0.4, 0.5) is 0 Å². The van der Waals surface area contributed by atoms with E-state index in [1.807, 2.05) is 111 Å². The van der Waals surface area contributed by atoms with Gasteiger partial charge in [0, 0.05) is 20.5 Å². The summed E-state index contributed by atoms with van der Waals surface area (Å²) in [5.41, 5.74) is 5.40. The Hall–Kier alpha value is -4.80. The van der Waals surface area contributed by atoms with Crippen LogP contribution in [-0.4, -0.2) is 43.7 Å². The smallest absolute Gasteiger partial charge is 0.240 e. The van der Waals surface area contributed by atoms with Crippen LogP contribution in [0.15, 0.2) is 119 Å². The third-order valence-corrected chi connectivity index (χ3v) is 9.90. The van der Waals surface area contributed by atoms with E-state index < -0.39 is 12.2 Å². The monoisotopic (exact) mass is 692 g/mol. The SMILES string of the molecule is C=COCC(O)COC(COc1ccc2cc(-c3ccc(C)cc3)c(=O)sc2c1)COc1ccc2cc(-c3ccc(C)cc3)c(=O)sc2c1. The number of rotatable bonds is 14. The second-order valence-electron chi connectivity index (χ2n) is 11.8. The van der Waals surface area contributed by atoms with Crippen molar-refractivity contribution in [2.24, 2.45) is 0 Å². The largest absolute Gasteiger partial charge is 0.499 e. The minimum absolute atomic E-state index is 0.00647. The van der Waals surface area contributed by atoms with E-state index in [1.54, 1.807) is 0 Å². The van der Waals surface area contributed by atoms with E-state index in [-0.39, 0.29) is 35.9 Å². The molecule has 6 rings (SSSR count). The van der Waals surface area contributed by atoms with Crippen LogP contribution in [0.3, 0.4) is 0 Å². The topological polar surface area (TPSA) is 91.3 Å². The number of fused-ring (bicyclic) bond motifs is 2. The molecule has 0 aliphatic heterocycles. The molecule has 1 atom stereocenters. The first-order valence-corrected chi connectivity index (χ1v) is 17.5. The number of aliphatic hydroxyl groups is 1. The van der Waals surface area contributed by atoms with Crippen LogP contribution in [0.5, 0.6) is 11.5 Å². The van der Waals surface area contributed by atoms with Gasteiger partial charge < -0.3 is 24.1 Å². The molecule has 0 aliphatic carbocycles. The molecule has 1 N–H and O–H groups in total. The van der Waals surface area contributed by atoms with E-state index in [2.05, 4.69) is 6.58 Å². The zero-order valence-electron chi connectivity index (χ0n) is 27.2. The summed E-state index contributed by atoms with van der Waals surface area (Å²) in [6, 6.07) is 31.0. The molecule has 2 aromatic heterocycles. The van der Waals surface area contributed by atoms with E-state index in [9.17, 15) is 14.7 Å². The fraction of sp³-hybridized carbons (Fsp3) is 0.200. The fourth-order valence-corrected chi connectivity index (χ4v) is 7.04. The standard InChI is InChI=1S/C40H36O7S2/c1-4-44-21-31(41)22-45-34(23-46-32-15-13-29-17-35(39(42)48-37(29)19-32)27-9-5-25(2)6-10-27)24-47-33-16-14-30-18-36(40(43)49-38(30)20-33)28-11-7-26(3)8-12-28/h4-20,31,34,41H,1,21-24H2,2-3H3. The molecule has 1 unspecified atom stereocenters. The first-order valence-electron chi connectivity index (χ1n) is 15.8. The number of aliphatic hydroxyl groups excluding tert-OH is 1. The van der Waals surface area contributed by atoms with Crippen molar-refractivity contribution in [3.63, 3.8) is 0 Å². The normalized spacial score (nSPS) is 11.9. The number of hydrogen-bond donors (Lipinski definition) is 1. The average Bonchev–Trinajstić information content (AvgIpc) is 3.10. The molecule has 0 amide bonds. The van der Waals surface area contributed by atoms with Gasteiger partial charge in [-0.2, -0.15) is 0 Å². The van der Waals surface area contributed by atoms with Crippen molar-refractivity contribution in [2.75, 3.05) is 26.4 Å². The molecule has 2 heterocycles. The average molecular weight is 693 g/mol. The van der Waals surface area contributed by atoms with Gasteiger partial charge in [0.15, 0.2) is 0 Å². The molecule has 49 heavy (non-hydrogen) atoms. The highest BCUT2D eigenvalue weighted by Crippen LogP contribution is 2.29. The molecule has 250 valence electrons. The number of hydrogen-bond acceptors (Lipinski definition) is 9. The first-order chi connectivity index (χ1) is 23.7. The summed E-state index contributed by atoms with van der Waals surface area (Å²) in [6.07, 6.45) is -0.167. The second-order valence-corrected chi connectivity index (χ2v) is 13.8. The lowest BCUT2D eigenvalue weighted by Gasteiger charge is -2.21. The van der Waals surface area contributed by atoms with Crippen LogP contribution in [0.25, 0.3) is 42.4 Å². The molecule has 7 nitrogen and oxygen atoms in total. The molecule has 0 aliphatic rings. The lowest BCUT2D eigenvalue weighted by molar-refractivity contribution is -0.0575. The maximum Gasteiger partial charge on any atom is 0.240 e. The van der Waals surface area contributed by atoms with Gasteiger partial charge in [-0.3, -0.25) is 9.59 Å². The highest BCUT2D eigenvalue weighted by molar-refractivity contribution is 7.16. The highest BCUT2D eigenvalue weighted by Gasteiger charge is 2.17. The van der Waals surface area contributed by atoms with Crippen molar-refractivity contribution in [1.29, 1.82) is 0 Å². The predicted octanol–water partition coefficient (Wildman–Crippen LogP) is 8.15. The van der Waals surface area contributed by atoms with Crippen molar-refractivity contribution >= 4 is 42.8 Å². The Kier molecular flexibility index (Phi) is 10.9. The highest BCUT2D eigenvalue weighted by atomic mass is 32.1. The minimum atomic E-state index is -0.873. The number of benzene rings is 4. The zero-order chi connectivity index (χ0) is 34.3. The predicted molar refractivity (Wildman–Crippen MR) is 199 cm³/mol. The third kappa shape index (κ3) is 8.63. The van der Waals surface area contributed by atoms with Gasteiger partial charge in [-0.1, -0.05) is 88.9 Å². The summed E-state index contributed by atoms with van der Waals surface area (Å²) in [5, 5.41) is 12.2. The van der Waals surface area contributed by atoms with Gasteiger partial charge >= 0.3 is 0 Å². The van der Waals surface area contributed by atoms with E-state index >= 15 is 0 Å². The molecule has 0 saturated heterocycles. The third-order valence-electron chi connectivity index (χ3n) is 7.94. The van der Waals surface area contributed by atoms with Crippen molar-refractivity contribution in [3.8, 4) is 33.8 Å². The van der Waals surface area contributed by atoms with Crippen molar-refractivity contribution in [1.82, 2.24) is 0 Å². The lowest BCUT2D eigenvalue weighted by Crippen LogP contribution is -2.33. The zero-order valence-corrected chi connectivity index (χ0v) is 28.9. The van der Waals surface area contributed by atoms with Gasteiger partial charge in [0.25, 0.3) is 0 Å². The van der Waals surface area contributed by atoms with E-state index in [1.165, 1.54) is 28.9 Å². The second kappa shape index (κ2) is 15.6. The van der Waals surface area contributed by atoms with Gasteiger partial charge in [-0.15, -0.1) is 0 Å². The van der Waals surface area contributed by atoms with Gasteiger partial charge in [0.1, 0.15) is 43.5 Å². The Bertz CT molecular complexity index is 2040. The van der Waals surface area contributed by atoms with Crippen LogP contribution in [0.2, 0.25) is 0 Å². The van der Waals surface area contributed by atoms with Gasteiger partial charge in [0.05, 0.1) is 12.9 Å². The van der Waals surface area contributed by atoms with Crippen molar-refractivity contribution < 1.29 is 24.1 Å². The summed E-state index contributed by atoms with van der Waals surface area (Å²) in [4.78, 5) is 26.0. The Labute approximate surface area is 292 Å². The molecule has 0 bridgehead atoms. The van der Waals surface area contributed by atoms with Crippen LogP contribution >= 0.6 is 22.7 Å². The molecule has 0 spiro atoms. The molecular formula is C40H36O7S2. The lowest BCUT2D eigenvalue weighted by atomic mass is 10.1. The maximum atomic E-state index is 13.0. The van der Waals surface area contributed by atoms with E-state index in [0.29, 0.717) is 22.6 Å². The molecule has 4 aromatic carbocycles. The fourth-order valence-electron chi connectivity index (χ4n) is 5.23. The van der Waals surface area contributed by atoms with Crippen LogP contribution < -0.4 is 19.0 Å².